The molecule has 0 spiro atoms. The van der Waals surface area contributed by atoms with E-state index in [1.807, 2.05) is 27.0 Å². The van der Waals surface area contributed by atoms with Gasteiger partial charge in [-0.3, -0.25) is 9.88 Å². The minimum atomic E-state index is -0.655. The summed E-state index contributed by atoms with van der Waals surface area (Å²) in [5.41, 5.74) is 1.61. The lowest BCUT2D eigenvalue weighted by Crippen LogP contribution is -2.36. The van der Waals surface area contributed by atoms with Gasteiger partial charge in [-0.15, -0.1) is 0 Å². The van der Waals surface area contributed by atoms with Crippen molar-refractivity contribution in [1.82, 2.24) is 9.88 Å². The number of rotatable bonds is 4. The van der Waals surface area contributed by atoms with Gasteiger partial charge < -0.3 is 5.11 Å². The van der Waals surface area contributed by atoms with Gasteiger partial charge >= 0.3 is 0 Å². The van der Waals surface area contributed by atoms with E-state index in [1.54, 1.807) is 6.20 Å². The molecule has 3 heteroatoms. The van der Waals surface area contributed by atoms with E-state index in [0.29, 0.717) is 6.54 Å². The number of aromatic nitrogens is 1. The second kappa shape index (κ2) is 4.73. The van der Waals surface area contributed by atoms with Gasteiger partial charge in [-0.2, -0.15) is 0 Å². The van der Waals surface area contributed by atoms with Crippen molar-refractivity contribution in [2.45, 2.75) is 32.9 Å². The van der Waals surface area contributed by atoms with E-state index < -0.39 is 5.60 Å². The van der Waals surface area contributed by atoms with Gasteiger partial charge in [0.25, 0.3) is 0 Å². The van der Waals surface area contributed by atoms with Crippen LogP contribution in [0.3, 0.4) is 0 Å². The molecule has 0 unspecified atom stereocenters. The minimum Gasteiger partial charge on any atom is -0.389 e. The molecule has 0 aliphatic rings. The van der Waals surface area contributed by atoms with E-state index in [4.69, 9.17) is 0 Å². The van der Waals surface area contributed by atoms with Crippen LogP contribution in [0.2, 0.25) is 0 Å². The average molecular weight is 208 g/mol. The Morgan fingerprint density at radius 3 is 2.67 bits per heavy atom. The fourth-order valence-corrected chi connectivity index (χ4v) is 1.66. The molecule has 84 valence electrons. The molecule has 0 aromatic carbocycles. The van der Waals surface area contributed by atoms with Gasteiger partial charge in [0.2, 0.25) is 0 Å². The maximum absolute atomic E-state index is 9.67. The zero-order valence-electron chi connectivity index (χ0n) is 9.99. The molecule has 15 heavy (non-hydrogen) atoms. The molecule has 0 saturated heterocycles. The lowest BCUT2D eigenvalue weighted by Gasteiger charge is -2.25. The predicted octanol–water partition coefficient (Wildman–Crippen LogP) is 1.59. The number of hydrogen-bond acceptors (Lipinski definition) is 3. The van der Waals surface area contributed by atoms with Crippen molar-refractivity contribution in [2.75, 3.05) is 13.6 Å². The van der Waals surface area contributed by atoms with Crippen molar-refractivity contribution in [2.24, 2.45) is 0 Å². The van der Waals surface area contributed by atoms with E-state index in [2.05, 4.69) is 22.9 Å². The minimum absolute atomic E-state index is 0.642. The highest BCUT2D eigenvalue weighted by atomic mass is 16.3. The van der Waals surface area contributed by atoms with Gasteiger partial charge in [0.15, 0.2) is 0 Å². The first kappa shape index (κ1) is 12.1. The van der Waals surface area contributed by atoms with Crippen molar-refractivity contribution in [1.29, 1.82) is 0 Å². The molecular weight excluding hydrogens is 188 g/mol. The van der Waals surface area contributed by atoms with Crippen molar-refractivity contribution >= 4 is 0 Å². The number of aryl methyl sites for hydroxylation is 1. The average Bonchev–Trinajstić information content (AvgIpc) is 2.05. The van der Waals surface area contributed by atoms with Crippen molar-refractivity contribution in [3.63, 3.8) is 0 Å². The second-order valence-electron chi connectivity index (χ2n) is 4.75. The number of aliphatic hydroxyl groups is 1. The van der Waals surface area contributed by atoms with Crippen LogP contribution in [0, 0.1) is 6.92 Å². The van der Waals surface area contributed by atoms with Crippen LogP contribution >= 0.6 is 0 Å². The molecule has 3 nitrogen and oxygen atoms in total. The van der Waals surface area contributed by atoms with Crippen LogP contribution in [-0.4, -0.2) is 34.2 Å². The summed E-state index contributed by atoms with van der Waals surface area (Å²) in [5, 5.41) is 9.67. The first-order valence-corrected chi connectivity index (χ1v) is 5.20. The third kappa shape index (κ3) is 4.40. The summed E-state index contributed by atoms with van der Waals surface area (Å²) in [6.07, 6.45) is 1.81. The molecule has 0 atom stereocenters. The van der Waals surface area contributed by atoms with E-state index in [0.717, 1.165) is 12.2 Å². The third-order valence-corrected chi connectivity index (χ3v) is 2.19. The predicted molar refractivity (Wildman–Crippen MR) is 61.6 cm³/mol. The fourth-order valence-electron chi connectivity index (χ4n) is 1.66. The van der Waals surface area contributed by atoms with Crippen molar-refractivity contribution < 1.29 is 5.11 Å². The van der Waals surface area contributed by atoms with Crippen molar-refractivity contribution in [3.05, 3.63) is 29.6 Å². The number of hydrogen-bond donors (Lipinski definition) is 1. The number of nitrogens with zero attached hydrogens (tertiary/aromatic N) is 2. The van der Waals surface area contributed by atoms with Crippen LogP contribution in [0.1, 0.15) is 25.1 Å². The Labute approximate surface area is 91.8 Å². The Kier molecular flexibility index (Phi) is 3.83. The Hall–Kier alpha value is -0.930. The molecular formula is C12H20N2O. The molecule has 0 fully saturated rings. The van der Waals surface area contributed by atoms with Crippen molar-refractivity contribution in [3.8, 4) is 0 Å². The van der Waals surface area contributed by atoms with Gasteiger partial charge in [0.05, 0.1) is 11.3 Å². The van der Waals surface area contributed by atoms with E-state index in [1.165, 1.54) is 5.56 Å². The zero-order valence-corrected chi connectivity index (χ0v) is 9.99. The molecule has 0 radical (unpaired) electrons. The SMILES string of the molecule is Cc1cccnc1CN(C)CC(C)(C)O. The molecule has 0 saturated carbocycles. The lowest BCUT2D eigenvalue weighted by atomic mass is 10.1. The standard InChI is InChI=1S/C12H20N2O/c1-10-6-5-7-13-11(10)8-14(4)9-12(2,3)15/h5-7,15H,8-9H2,1-4H3. The largest absolute Gasteiger partial charge is 0.389 e. The van der Waals surface area contributed by atoms with E-state index in [9.17, 15) is 5.11 Å². The second-order valence-corrected chi connectivity index (χ2v) is 4.75. The molecule has 0 amide bonds. The summed E-state index contributed by atoms with van der Waals surface area (Å²) in [5.74, 6) is 0. The normalized spacial score (nSPS) is 12.1. The highest BCUT2D eigenvalue weighted by Crippen LogP contribution is 2.09. The van der Waals surface area contributed by atoms with Crippen LogP contribution in [0.5, 0.6) is 0 Å². The monoisotopic (exact) mass is 208 g/mol. The quantitative estimate of drug-likeness (QED) is 0.816. The van der Waals surface area contributed by atoms with Gasteiger partial charge in [-0.1, -0.05) is 6.07 Å². The molecule has 1 heterocycles. The van der Waals surface area contributed by atoms with Crippen LogP contribution in [0.25, 0.3) is 0 Å². The summed E-state index contributed by atoms with van der Waals surface area (Å²) >= 11 is 0. The van der Waals surface area contributed by atoms with Crippen LogP contribution in [-0.2, 0) is 6.54 Å². The van der Waals surface area contributed by atoms with E-state index in [-0.39, 0.29) is 0 Å². The highest BCUT2D eigenvalue weighted by Gasteiger charge is 2.16. The molecule has 1 aromatic heterocycles. The Morgan fingerprint density at radius 1 is 1.47 bits per heavy atom. The highest BCUT2D eigenvalue weighted by molar-refractivity contribution is 5.17. The topological polar surface area (TPSA) is 36.4 Å². The zero-order chi connectivity index (χ0) is 11.5. The fraction of sp³-hybridized carbons (Fsp3) is 0.583. The summed E-state index contributed by atoms with van der Waals surface area (Å²) in [6, 6.07) is 4.00. The molecule has 0 bridgehead atoms. The Morgan fingerprint density at radius 2 is 2.13 bits per heavy atom. The van der Waals surface area contributed by atoms with Gasteiger partial charge in [-0.05, 0) is 39.4 Å². The molecule has 1 aromatic rings. The Balaban J connectivity index is 2.59. The summed E-state index contributed by atoms with van der Waals surface area (Å²) in [7, 11) is 1.99. The Bertz CT molecular complexity index is 318. The molecule has 0 aliphatic carbocycles. The van der Waals surface area contributed by atoms with E-state index >= 15 is 0 Å². The number of pyridine rings is 1. The van der Waals surface area contributed by atoms with Crippen LogP contribution in [0.4, 0.5) is 0 Å². The van der Waals surface area contributed by atoms with Gasteiger partial charge in [-0.25, -0.2) is 0 Å². The first-order valence-electron chi connectivity index (χ1n) is 5.20. The number of likely N-dealkylation sites (N-methyl/N-ethyl adjacent to an activating group) is 1. The van der Waals surface area contributed by atoms with Gasteiger partial charge in [0.1, 0.15) is 0 Å². The summed E-state index contributed by atoms with van der Waals surface area (Å²) in [6.45, 7) is 7.10. The molecule has 1 rings (SSSR count). The maximum atomic E-state index is 9.67. The summed E-state index contributed by atoms with van der Waals surface area (Å²) < 4.78 is 0. The first-order chi connectivity index (χ1) is 6.88. The lowest BCUT2D eigenvalue weighted by molar-refractivity contribution is 0.0421. The van der Waals surface area contributed by atoms with Crippen LogP contribution < -0.4 is 0 Å². The molecule has 1 N–H and O–H groups in total. The van der Waals surface area contributed by atoms with Crippen LogP contribution in [0.15, 0.2) is 18.3 Å². The third-order valence-electron chi connectivity index (χ3n) is 2.19. The summed E-state index contributed by atoms with van der Waals surface area (Å²) in [4.78, 5) is 6.40. The molecule has 0 aliphatic heterocycles. The maximum Gasteiger partial charge on any atom is 0.0718 e. The van der Waals surface area contributed by atoms with Gasteiger partial charge in [0, 0.05) is 19.3 Å². The smallest absolute Gasteiger partial charge is 0.0718 e.